The van der Waals surface area contributed by atoms with Gasteiger partial charge in [-0.25, -0.2) is 0 Å². The van der Waals surface area contributed by atoms with E-state index >= 15 is 0 Å². The van der Waals surface area contributed by atoms with Crippen LogP contribution in [0.25, 0.3) is 0 Å². The molecule has 28 heavy (non-hydrogen) atoms. The number of rotatable bonds is 6. The number of aryl methyl sites for hydroxylation is 1. The number of fused-ring (bicyclic) bond motifs is 3. The van der Waals surface area contributed by atoms with Crippen molar-refractivity contribution in [3.8, 4) is 0 Å². The molecule has 0 bridgehead atoms. The Hall–Kier alpha value is -2.59. The number of benzene rings is 2. The van der Waals surface area contributed by atoms with Crippen molar-refractivity contribution in [2.75, 3.05) is 25.6 Å². The summed E-state index contributed by atoms with van der Waals surface area (Å²) < 4.78 is 5.04. The average molecular weight is 377 g/mol. The summed E-state index contributed by atoms with van der Waals surface area (Å²) in [6, 6.07) is 15.1. The van der Waals surface area contributed by atoms with Crippen LogP contribution in [-0.4, -0.2) is 26.2 Å². The zero-order valence-corrected chi connectivity index (χ0v) is 16.6. The number of hydrogen-bond donors (Lipinski definition) is 2. The number of allylic oxidation sites excluding steroid dienone is 2. The van der Waals surface area contributed by atoms with Crippen molar-refractivity contribution in [1.82, 2.24) is 5.32 Å². The Morgan fingerprint density at radius 3 is 2.96 bits per heavy atom. The van der Waals surface area contributed by atoms with Crippen LogP contribution in [0.1, 0.15) is 51.8 Å². The molecule has 0 fully saturated rings. The van der Waals surface area contributed by atoms with Crippen LogP contribution in [0.2, 0.25) is 0 Å². The average Bonchev–Trinajstić information content (AvgIpc) is 3.20. The van der Waals surface area contributed by atoms with Crippen molar-refractivity contribution < 1.29 is 9.53 Å². The van der Waals surface area contributed by atoms with Gasteiger partial charge in [0, 0.05) is 37.4 Å². The van der Waals surface area contributed by atoms with Crippen molar-refractivity contribution >= 4 is 11.6 Å². The largest absolute Gasteiger partial charge is 0.385 e. The molecule has 4 rings (SSSR count). The smallest absolute Gasteiger partial charge is 0.251 e. The van der Waals surface area contributed by atoms with E-state index in [1.807, 2.05) is 6.07 Å². The van der Waals surface area contributed by atoms with Crippen LogP contribution < -0.4 is 10.6 Å². The Balaban J connectivity index is 1.57. The lowest BCUT2D eigenvalue weighted by Crippen LogP contribution is -2.30. The second kappa shape index (κ2) is 8.19. The molecule has 3 atom stereocenters. The highest BCUT2D eigenvalue weighted by Crippen LogP contribution is 2.49. The van der Waals surface area contributed by atoms with Gasteiger partial charge in [-0.1, -0.05) is 42.0 Å². The summed E-state index contributed by atoms with van der Waals surface area (Å²) in [5.41, 5.74) is 5.71. The molecule has 0 aromatic heterocycles. The van der Waals surface area contributed by atoms with Crippen LogP contribution in [0.15, 0.2) is 54.6 Å². The van der Waals surface area contributed by atoms with Crippen LogP contribution >= 0.6 is 0 Å². The van der Waals surface area contributed by atoms with E-state index in [-0.39, 0.29) is 5.91 Å². The van der Waals surface area contributed by atoms with Gasteiger partial charge in [0.1, 0.15) is 0 Å². The molecule has 4 heteroatoms. The van der Waals surface area contributed by atoms with Gasteiger partial charge in [0.25, 0.3) is 5.91 Å². The summed E-state index contributed by atoms with van der Waals surface area (Å²) in [7, 11) is 1.67. The molecular formula is C24H28N2O2. The topological polar surface area (TPSA) is 50.4 Å². The first-order valence-electron chi connectivity index (χ1n) is 10.1. The van der Waals surface area contributed by atoms with E-state index in [0.29, 0.717) is 31.0 Å². The Labute approximate surface area is 167 Å². The molecule has 146 valence electrons. The summed E-state index contributed by atoms with van der Waals surface area (Å²) in [6.07, 6.45) is 6.48. The summed E-state index contributed by atoms with van der Waals surface area (Å²) in [5.74, 6) is 0.815. The Bertz CT molecular complexity index is 890. The first-order valence-corrected chi connectivity index (χ1v) is 10.1. The van der Waals surface area contributed by atoms with Gasteiger partial charge in [-0.2, -0.15) is 0 Å². The van der Waals surface area contributed by atoms with E-state index in [4.69, 9.17) is 4.74 Å². The van der Waals surface area contributed by atoms with Gasteiger partial charge in [0.05, 0.1) is 6.04 Å². The third kappa shape index (κ3) is 3.69. The van der Waals surface area contributed by atoms with Crippen molar-refractivity contribution in [2.45, 2.75) is 31.7 Å². The lowest BCUT2D eigenvalue weighted by atomic mass is 9.76. The lowest BCUT2D eigenvalue weighted by Gasteiger charge is -2.37. The normalized spacial score (nSPS) is 22.3. The number of amides is 1. The fourth-order valence-corrected chi connectivity index (χ4v) is 4.45. The van der Waals surface area contributed by atoms with Crippen LogP contribution in [0.4, 0.5) is 5.69 Å². The second-order valence-corrected chi connectivity index (χ2v) is 7.79. The zero-order chi connectivity index (χ0) is 19.5. The highest BCUT2D eigenvalue weighted by Gasteiger charge is 2.38. The summed E-state index contributed by atoms with van der Waals surface area (Å²) in [4.78, 5) is 12.5. The van der Waals surface area contributed by atoms with Crippen LogP contribution in [-0.2, 0) is 4.74 Å². The molecule has 1 aliphatic carbocycles. The third-order valence-corrected chi connectivity index (χ3v) is 5.84. The summed E-state index contributed by atoms with van der Waals surface area (Å²) in [5, 5.41) is 6.73. The Morgan fingerprint density at radius 1 is 1.25 bits per heavy atom. The maximum atomic E-state index is 12.5. The summed E-state index contributed by atoms with van der Waals surface area (Å²) in [6.45, 7) is 3.43. The van der Waals surface area contributed by atoms with Gasteiger partial charge in [-0.3, -0.25) is 4.79 Å². The fraction of sp³-hybridized carbons (Fsp3) is 0.375. The maximum absolute atomic E-state index is 12.5. The Kier molecular flexibility index (Phi) is 5.49. The quantitative estimate of drug-likeness (QED) is 0.573. The molecule has 2 N–H and O–H groups in total. The van der Waals surface area contributed by atoms with Crippen molar-refractivity contribution in [1.29, 1.82) is 0 Å². The molecule has 4 nitrogen and oxygen atoms in total. The van der Waals surface area contributed by atoms with E-state index in [0.717, 1.165) is 24.1 Å². The number of methoxy groups -OCH3 is 1. The predicted octanol–water partition coefficient (Wildman–Crippen LogP) is 4.59. The summed E-state index contributed by atoms with van der Waals surface area (Å²) >= 11 is 0. The predicted molar refractivity (Wildman–Crippen MR) is 113 cm³/mol. The SMILES string of the molecule is COCCCNC(=O)c1ccc2c(c1)C1C=CCC1C(c1cccc(C)c1)N2. The first kappa shape index (κ1) is 18.8. The number of carbonyl (C=O) groups is 1. The van der Waals surface area contributed by atoms with E-state index in [1.165, 1.54) is 16.7 Å². The number of nitrogens with one attached hydrogen (secondary N) is 2. The number of carbonyl (C=O) groups excluding carboxylic acids is 1. The zero-order valence-electron chi connectivity index (χ0n) is 16.6. The van der Waals surface area contributed by atoms with Gasteiger partial charge < -0.3 is 15.4 Å². The van der Waals surface area contributed by atoms with E-state index in [1.54, 1.807) is 7.11 Å². The number of anilines is 1. The molecule has 1 aliphatic heterocycles. The highest BCUT2D eigenvalue weighted by molar-refractivity contribution is 5.95. The number of ether oxygens (including phenoxy) is 1. The third-order valence-electron chi connectivity index (χ3n) is 5.84. The second-order valence-electron chi connectivity index (χ2n) is 7.79. The molecular weight excluding hydrogens is 348 g/mol. The lowest BCUT2D eigenvalue weighted by molar-refractivity contribution is 0.0948. The monoisotopic (exact) mass is 376 g/mol. The highest BCUT2D eigenvalue weighted by atomic mass is 16.5. The molecule has 2 aromatic carbocycles. The van der Waals surface area contributed by atoms with Crippen molar-refractivity contribution in [3.63, 3.8) is 0 Å². The Morgan fingerprint density at radius 2 is 2.14 bits per heavy atom. The minimum Gasteiger partial charge on any atom is -0.385 e. The van der Waals surface area contributed by atoms with Crippen LogP contribution in [0, 0.1) is 12.8 Å². The molecule has 0 saturated heterocycles. The molecule has 1 heterocycles. The van der Waals surface area contributed by atoms with Crippen molar-refractivity contribution in [2.24, 2.45) is 5.92 Å². The minimum absolute atomic E-state index is 0.0155. The maximum Gasteiger partial charge on any atom is 0.251 e. The molecule has 1 amide bonds. The number of hydrogen-bond acceptors (Lipinski definition) is 3. The first-order chi connectivity index (χ1) is 13.7. The van der Waals surface area contributed by atoms with E-state index in [2.05, 4.69) is 66.1 Å². The van der Waals surface area contributed by atoms with E-state index in [9.17, 15) is 4.79 Å². The molecule has 0 saturated carbocycles. The van der Waals surface area contributed by atoms with Crippen LogP contribution in [0.5, 0.6) is 0 Å². The van der Waals surface area contributed by atoms with Gasteiger partial charge in [0.15, 0.2) is 0 Å². The minimum atomic E-state index is -0.0155. The van der Waals surface area contributed by atoms with Gasteiger partial charge in [-0.15, -0.1) is 0 Å². The van der Waals surface area contributed by atoms with Gasteiger partial charge in [-0.05, 0) is 55.0 Å². The molecule has 2 aromatic rings. The van der Waals surface area contributed by atoms with Gasteiger partial charge >= 0.3 is 0 Å². The van der Waals surface area contributed by atoms with Crippen LogP contribution in [0.3, 0.4) is 0 Å². The molecule has 0 spiro atoms. The fourth-order valence-electron chi connectivity index (χ4n) is 4.45. The van der Waals surface area contributed by atoms with Gasteiger partial charge in [0.2, 0.25) is 0 Å². The standard InChI is InChI=1S/C24H28N2O2/c1-16-6-3-7-17(14-16)23-20-9-4-8-19(20)21-15-18(10-11-22(21)26-23)24(27)25-12-5-13-28-2/h3-4,6-8,10-11,14-15,19-20,23,26H,5,9,12-13H2,1-2H3,(H,25,27). The molecule has 2 aliphatic rings. The molecule has 3 unspecified atom stereocenters. The molecule has 0 radical (unpaired) electrons. The van der Waals surface area contributed by atoms with Crippen molar-refractivity contribution in [3.05, 3.63) is 76.9 Å². The van der Waals surface area contributed by atoms with E-state index < -0.39 is 0 Å².